The highest BCUT2D eigenvalue weighted by molar-refractivity contribution is 5.94. The molecule has 1 amide bonds. The minimum atomic E-state index is -0.863. The van der Waals surface area contributed by atoms with E-state index in [1.54, 1.807) is 18.2 Å². The summed E-state index contributed by atoms with van der Waals surface area (Å²) >= 11 is 0. The molecule has 0 fully saturated rings. The zero-order chi connectivity index (χ0) is 25.1. The van der Waals surface area contributed by atoms with E-state index in [1.807, 2.05) is 38.1 Å². The maximum Gasteiger partial charge on any atom is 0.251 e. The summed E-state index contributed by atoms with van der Waals surface area (Å²) < 4.78 is 33.9. The summed E-state index contributed by atoms with van der Waals surface area (Å²) in [6.45, 7) is 4.15. The molecule has 0 saturated heterocycles. The van der Waals surface area contributed by atoms with E-state index in [-0.39, 0.29) is 23.7 Å². The third-order valence-electron chi connectivity index (χ3n) is 6.97. The first kappa shape index (κ1) is 22.3. The Labute approximate surface area is 206 Å². The molecule has 2 bridgehead atoms. The number of aryl methyl sites for hydroxylation is 2. The maximum absolute atomic E-state index is 14.4. The van der Waals surface area contributed by atoms with E-state index in [0.717, 1.165) is 45.1 Å². The minimum Gasteiger partial charge on any atom is -0.384 e. The molecule has 180 valence electrons. The van der Waals surface area contributed by atoms with Gasteiger partial charge < -0.3 is 15.8 Å². The van der Waals surface area contributed by atoms with Gasteiger partial charge in [-0.05, 0) is 77.1 Å². The molecule has 0 radical (unpaired) electrons. The number of hydrogen-bond acceptors (Lipinski definition) is 5. The molecule has 2 aliphatic rings. The van der Waals surface area contributed by atoms with Gasteiger partial charge in [0.05, 0.1) is 0 Å². The van der Waals surface area contributed by atoms with Crippen LogP contribution in [-0.4, -0.2) is 15.9 Å². The fraction of sp³-hybridized carbons (Fsp3) is 0.179. The van der Waals surface area contributed by atoms with E-state index in [0.29, 0.717) is 23.5 Å². The first-order valence-corrected chi connectivity index (χ1v) is 11.6. The standard InChI is InChI=1S/C28H22F2N4O2/c1-13-7-25(31)34-14(2)21(13)11-33-28(35)16-4-6-18-20(9-16)27-19-8-15(3-5-17(19)26(18)36-27)22-12-32-24(30)10-23(22)29/h3-10,12,26-27H,11H2,1-2H3,(H2,31,34)(H,33,35)/t26-,27+/m0/s1. The Kier molecular flexibility index (Phi) is 5.08. The van der Waals surface area contributed by atoms with Crippen LogP contribution in [0.1, 0.15) is 61.6 Å². The van der Waals surface area contributed by atoms with Crippen LogP contribution < -0.4 is 11.1 Å². The fourth-order valence-electron chi connectivity index (χ4n) is 5.20. The van der Waals surface area contributed by atoms with Gasteiger partial charge in [-0.25, -0.2) is 14.4 Å². The van der Waals surface area contributed by atoms with Gasteiger partial charge in [-0.15, -0.1) is 0 Å². The highest BCUT2D eigenvalue weighted by Gasteiger charge is 2.43. The number of fused-ring (bicyclic) bond motifs is 8. The second kappa shape index (κ2) is 8.20. The number of nitrogens with two attached hydrogens (primary N) is 1. The summed E-state index contributed by atoms with van der Waals surface area (Å²) in [5.41, 5.74) is 13.7. The van der Waals surface area contributed by atoms with Crippen LogP contribution in [0.15, 0.2) is 54.7 Å². The van der Waals surface area contributed by atoms with Gasteiger partial charge in [0.1, 0.15) is 23.8 Å². The molecule has 2 atom stereocenters. The van der Waals surface area contributed by atoms with Crippen molar-refractivity contribution in [2.45, 2.75) is 32.6 Å². The number of aromatic nitrogens is 2. The number of pyridine rings is 2. The van der Waals surface area contributed by atoms with Crippen molar-refractivity contribution >= 4 is 11.7 Å². The van der Waals surface area contributed by atoms with Crippen molar-refractivity contribution in [2.24, 2.45) is 0 Å². The molecule has 0 unspecified atom stereocenters. The largest absolute Gasteiger partial charge is 0.384 e. The molecule has 0 spiro atoms. The molecule has 4 aromatic rings. The predicted octanol–water partition coefficient (Wildman–Crippen LogP) is 5.07. The maximum atomic E-state index is 14.4. The third kappa shape index (κ3) is 3.53. The quantitative estimate of drug-likeness (QED) is 0.395. The number of amides is 1. The molecule has 2 aromatic heterocycles. The Hall–Kier alpha value is -4.17. The molecular formula is C28H22F2N4O2. The SMILES string of the molecule is Cc1cc(N)nc(C)c1CNC(=O)c1ccc2c(c1)[C@@H]1O[C@H]2c2ccc(-c3cnc(F)cc3F)cc21. The number of carbonyl (C=O) groups is 1. The summed E-state index contributed by atoms with van der Waals surface area (Å²) in [4.78, 5) is 20.9. The van der Waals surface area contributed by atoms with Gasteiger partial charge in [-0.3, -0.25) is 4.79 Å². The average molecular weight is 485 g/mol. The first-order valence-electron chi connectivity index (χ1n) is 11.6. The monoisotopic (exact) mass is 484 g/mol. The van der Waals surface area contributed by atoms with Crippen molar-refractivity contribution < 1.29 is 18.3 Å². The molecule has 2 aromatic carbocycles. The number of carbonyl (C=O) groups excluding carboxylic acids is 1. The van der Waals surface area contributed by atoms with Crippen molar-refractivity contribution in [3.63, 3.8) is 0 Å². The first-order chi connectivity index (χ1) is 17.3. The van der Waals surface area contributed by atoms with Crippen LogP contribution in [0, 0.1) is 25.6 Å². The minimum absolute atomic E-state index is 0.204. The van der Waals surface area contributed by atoms with E-state index in [9.17, 15) is 13.6 Å². The Morgan fingerprint density at radius 3 is 2.47 bits per heavy atom. The zero-order valence-corrected chi connectivity index (χ0v) is 19.6. The van der Waals surface area contributed by atoms with E-state index in [4.69, 9.17) is 10.5 Å². The summed E-state index contributed by atoms with van der Waals surface area (Å²) in [6.07, 6.45) is 0.583. The van der Waals surface area contributed by atoms with Crippen LogP contribution in [0.2, 0.25) is 0 Å². The predicted molar refractivity (Wildman–Crippen MR) is 130 cm³/mol. The molecular weight excluding hydrogens is 462 g/mol. The zero-order valence-electron chi connectivity index (χ0n) is 19.6. The van der Waals surface area contributed by atoms with E-state index >= 15 is 0 Å². The number of hydrogen-bond donors (Lipinski definition) is 2. The van der Waals surface area contributed by atoms with Crippen LogP contribution in [0.25, 0.3) is 11.1 Å². The Balaban J connectivity index is 1.27. The van der Waals surface area contributed by atoms with Crippen LogP contribution in [0.5, 0.6) is 0 Å². The van der Waals surface area contributed by atoms with Gasteiger partial charge in [0.2, 0.25) is 5.95 Å². The third-order valence-corrected chi connectivity index (χ3v) is 6.97. The number of nitrogens with zero attached hydrogens (tertiary/aromatic N) is 2. The summed E-state index contributed by atoms with van der Waals surface area (Å²) in [6, 6.07) is 13.7. The normalized spacial score (nSPS) is 17.1. The second-order valence-corrected chi connectivity index (χ2v) is 9.18. The van der Waals surface area contributed by atoms with Gasteiger partial charge in [-0.1, -0.05) is 18.2 Å². The lowest BCUT2D eigenvalue weighted by Gasteiger charge is -2.18. The number of nitrogens with one attached hydrogen (secondary N) is 1. The number of ether oxygens (including phenoxy) is 1. The van der Waals surface area contributed by atoms with Gasteiger partial charge >= 0.3 is 0 Å². The van der Waals surface area contributed by atoms with E-state index < -0.39 is 11.8 Å². The summed E-state index contributed by atoms with van der Waals surface area (Å²) in [5, 5.41) is 2.97. The number of nitrogen functional groups attached to an aromatic ring is 1. The lowest BCUT2D eigenvalue weighted by atomic mass is 9.84. The number of benzene rings is 2. The van der Waals surface area contributed by atoms with Crippen LogP contribution in [-0.2, 0) is 11.3 Å². The van der Waals surface area contributed by atoms with E-state index in [1.165, 1.54) is 6.20 Å². The van der Waals surface area contributed by atoms with Gasteiger partial charge in [0.25, 0.3) is 5.91 Å². The van der Waals surface area contributed by atoms with Crippen LogP contribution in [0.3, 0.4) is 0 Å². The average Bonchev–Trinajstić information content (AvgIpc) is 3.40. The lowest BCUT2D eigenvalue weighted by Crippen LogP contribution is -2.24. The van der Waals surface area contributed by atoms with Crippen LogP contribution in [0.4, 0.5) is 14.6 Å². The van der Waals surface area contributed by atoms with Crippen molar-refractivity contribution in [3.8, 4) is 11.1 Å². The van der Waals surface area contributed by atoms with Crippen molar-refractivity contribution in [2.75, 3.05) is 5.73 Å². The molecule has 6 nitrogen and oxygen atoms in total. The Bertz CT molecular complexity index is 1550. The van der Waals surface area contributed by atoms with Crippen molar-refractivity contribution in [1.29, 1.82) is 0 Å². The molecule has 4 heterocycles. The highest BCUT2D eigenvalue weighted by atomic mass is 19.1. The van der Waals surface area contributed by atoms with E-state index in [2.05, 4.69) is 15.3 Å². The molecule has 2 aliphatic heterocycles. The topological polar surface area (TPSA) is 90.1 Å². The molecule has 8 heteroatoms. The Morgan fingerprint density at radius 1 is 1.00 bits per heavy atom. The van der Waals surface area contributed by atoms with Crippen LogP contribution >= 0.6 is 0 Å². The molecule has 0 saturated carbocycles. The lowest BCUT2D eigenvalue weighted by molar-refractivity contribution is 0.0857. The summed E-state index contributed by atoms with van der Waals surface area (Å²) in [5.74, 6) is -1.29. The van der Waals surface area contributed by atoms with Crippen molar-refractivity contribution in [3.05, 3.63) is 111 Å². The molecule has 0 aliphatic carbocycles. The molecule has 6 rings (SSSR count). The number of anilines is 1. The van der Waals surface area contributed by atoms with Gasteiger partial charge in [0.15, 0.2) is 0 Å². The van der Waals surface area contributed by atoms with Gasteiger partial charge in [-0.2, -0.15) is 4.39 Å². The second-order valence-electron chi connectivity index (χ2n) is 9.18. The molecule has 3 N–H and O–H groups in total. The number of halogens is 2. The van der Waals surface area contributed by atoms with Gasteiger partial charge in [0, 0.05) is 35.6 Å². The summed E-state index contributed by atoms with van der Waals surface area (Å²) in [7, 11) is 0. The fourth-order valence-corrected chi connectivity index (χ4v) is 5.20. The smallest absolute Gasteiger partial charge is 0.251 e. The highest BCUT2D eigenvalue weighted by Crippen LogP contribution is 2.54. The number of rotatable bonds is 4. The van der Waals surface area contributed by atoms with Crippen molar-refractivity contribution in [1.82, 2.24) is 15.3 Å². The molecule has 36 heavy (non-hydrogen) atoms. The Morgan fingerprint density at radius 2 is 1.72 bits per heavy atom.